The number of hydrogen-bond donors (Lipinski definition) is 1. The largest absolute Gasteiger partial charge is 0.301 e. The van der Waals surface area contributed by atoms with Crippen LogP contribution >= 0.6 is 38.6 Å². The van der Waals surface area contributed by atoms with E-state index in [4.69, 9.17) is 0 Å². The smallest absolute Gasteiger partial charge is 0.109 e. The first-order valence-corrected chi connectivity index (χ1v) is 9.02. The zero-order valence-corrected chi connectivity index (χ0v) is 14.3. The topological polar surface area (TPSA) is 24.9 Å². The zero-order chi connectivity index (χ0) is 13.4. The van der Waals surface area contributed by atoms with E-state index in [1.165, 1.54) is 43.4 Å². The van der Waals surface area contributed by atoms with E-state index in [0.29, 0.717) is 12.1 Å². The van der Waals surface area contributed by atoms with E-state index in [9.17, 15) is 0 Å². The molecule has 0 spiro atoms. The molecule has 0 saturated heterocycles. The Bertz CT molecular complexity index is 576. The first-order valence-electron chi connectivity index (χ1n) is 6.60. The molecule has 1 aliphatic carbocycles. The molecule has 2 aromatic heterocycles. The maximum atomic E-state index is 4.49. The van der Waals surface area contributed by atoms with Crippen molar-refractivity contribution in [3.8, 4) is 0 Å². The highest BCUT2D eigenvalue weighted by Crippen LogP contribution is 2.39. The fourth-order valence-corrected chi connectivity index (χ4v) is 5.24. The third kappa shape index (κ3) is 2.94. The molecule has 2 atom stereocenters. The number of fused-ring (bicyclic) bond motifs is 1. The number of halogens is 1. The molecule has 0 saturated carbocycles. The van der Waals surface area contributed by atoms with E-state index in [1.807, 2.05) is 17.5 Å². The number of hydrogen-bond acceptors (Lipinski definition) is 4. The molecule has 1 aliphatic rings. The summed E-state index contributed by atoms with van der Waals surface area (Å²) in [5, 5.41) is 4.95. The lowest BCUT2D eigenvalue weighted by atomic mass is 9.93. The van der Waals surface area contributed by atoms with Gasteiger partial charge in [-0.05, 0) is 60.7 Å². The minimum absolute atomic E-state index is 0.327. The fraction of sp³-hybridized carbons (Fsp3) is 0.500. The summed E-state index contributed by atoms with van der Waals surface area (Å²) in [6.45, 7) is 4.33. The monoisotopic (exact) mass is 356 g/mol. The lowest BCUT2D eigenvalue weighted by Gasteiger charge is -2.26. The number of aryl methyl sites for hydroxylation is 2. The van der Waals surface area contributed by atoms with Crippen molar-refractivity contribution < 1.29 is 0 Å². The molecule has 2 aromatic rings. The summed E-state index contributed by atoms with van der Waals surface area (Å²) in [5.41, 5.74) is 1.49. The second kappa shape index (κ2) is 5.64. The first-order chi connectivity index (χ1) is 9.13. The molecule has 1 N–H and O–H groups in total. The third-order valence-electron chi connectivity index (χ3n) is 3.54. The van der Waals surface area contributed by atoms with Gasteiger partial charge in [0.2, 0.25) is 0 Å². The Morgan fingerprint density at radius 2 is 2.32 bits per heavy atom. The highest BCUT2D eigenvalue weighted by atomic mass is 79.9. The molecule has 2 heterocycles. The van der Waals surface area contributed by atoms with Gasteiger partial charge >= 0.3 is 0 Å². The Balaban J connectivity index is 1.77. The average Bonchev–Trinajstić information content (AvgIpc) is 2.95. The third-order valence-corrected chi connectivity index (χ3v) is 6.35. The van der Waals surface area contributed by atoms with E-state index in [0.717, 1.165) is 0 Å². The van der Waals surface area contributed by atoms with Gasteiger partial charge in [-0.2, -0.15) is 0 Å². The number of thiazole rings is 1. The van der Waals surface area contributed by atoms with Crippen molar-refractivity contribution in [2.75, 3.05) is 0 Å². The van der Waals surface area contributed by atoms with Crippen molar-refractivity contribution >= 4 is 38.6 Å². The lowest BCUT2D eigenvalue weighted by molar-refractivity contribution is 0.417. The van der Waals surface area contributed by atoms with Gasteiger partial charge in [0.25, 0.3) is 0 Å². The predicted molar refractivity (Wildman–Crippen MR) is 86.1 cm³/mol. The van der Waals surface area contributed by atoms with Gasteiger partial charge in [-0.15, -0.1) is 22.7 Å². The summed E-state index contributed by atoms with van der Waals surface area (Å²) in [7, 11) is 0. The molecular weight excluding hydrogens is 340 g/mol. The normalized spacial score (nSPS) is 20.3. The summed E-state index contributed by atoms with van der Waals surface area (Å²) >= 11 is 7.29. The van der Waals surface area contributed by atoms with Crippen LogP contribution in [0.15, 0.2) is 16.0 Å². The average molecular weight is 357 g/mol. The van der Waals surface area contributed by atoms with Crippen LogP contribution < -0.4 is 5.32 Å². The Hall–Kier alpha value is -0.230. The highest BCUT2D eigenvalue weighted by Gasteiger charge is 2.24. The minimum Gasteiger partial charge on any atom is -0.301 e. The van der Waals surface area contributed by atoms with Gasteiger partial charge in [-0.3, -0.25) is 0 Å². The molecule has 102 valence electrons. The number of nitrogens with one attached hydrogen (secondary N) is 1. The van der Waals surface area contributed by atoms with Crippen LogP contribution in [0.1, 0.15) is 52.2 Å². The molecule has 5 heteroatoms. The van der Waals surface area contributed by atoms with Crippen molar-refractivity contribution in [3.05, 3.63) is 36.4 Å². The maximum Gasteiger partial charge on any atom is 0.109 e. The minimum atomic E-state index is 0.327. The van der Waals surface area contributed by atoms with Gasteiger partial charge in [-0.25, -0.2) is 4.98 Å². The summed E-state index contributed by atoms with van der Waals surface area (Å²) in [5.74, 6) is 0. The molecule has 2 unspecified atom stereocenters. The second-order valence-electron chi connectivity index (χ2n) is 5.07. The van der Waals surface area contributed by atoms with E-state index >= 15 is 0 Å². The standard InChI is InChI=1S/C14H17BrN2S2/c1-8-7-16-14(18-8)9(2)17-11-4-3-5-12-10(11)6-13(15)19-12/h6-7,9,11,17H,3-5H2,1-2H3. The molecule has 0 fully saturated rings. The van der Waals surface area contributed by atoms with Gasteiger partial charge in [0.15, 0.2) is 0 Å². The van der Waals surface area contributed by atoms with Gasteiger partial charge in [0, 0.05) is 22.0 Å². The fourth-order valence-electron chi connectivity index (χ4n) is 2.64. The van der Waals surface area contributed by atoms with Crippen LogP contribution in [0.2, 0.25) is 0 Å². The first kappa shape index (κ1) is 13.7. The zero-order valence-electron chi connectivity index (χ0n) is 11.1. The number of rotatable bonds is 3. The van der Waals surface area contributed by atoms with Crippen molar-refractivity contribution in [3.63, 3.8) is 0 Å². The van der Waals surface area contributed by atoms with Crippen LogP contribution in [0, 0.1) is 6.92 Å². The summed E-state index contributed by atoms with van der Waals surface area (Å²) in [6, 6.07) is 3.09. The Morgan fingerprint density at radius 1 is 1.47 bits per heavy atom. The van der Waals surface area contributed by atoms with Crippen LogP contribution in [0.5, 0.6) is 0 Å². The van der Waals surface area contributed by atoms with Crippen molar-refractivity contribution in [2.45, 2.75) is 45.2 Å². The highest BCUT2D eigenvalue weighted by molar-refractivity contribution is 9.11. The van der Waals surface area contributed by atoms with Crippen molar-refractivity contribution in [1.29, 1.82) is 0 Å². The van der Waals surface area contributed by atoms with E-state index in [1.54, 1.807) is 11.3 Å². The predicted octanol–water partition coefficient (Wildman–Crippen LogP) is 5.00. The maximum absolute atomic E-state index is 4.49. The Labute approximate surface area is 130 Å². The lowest BCUT2D eigenvalue weighted by Crippen LogP contribution is -2.26. The number of nitrogens with zero attached hydrogens (tertiary/aromatic N) is 1. The van der Waals surface area contributed by atoms with Gasteiger partial charge in [-0.1, -0.05) is 0 Å². The molecule has 0 aromatic carbocycles. The molecule has 19 heavy (non-hydrogen) atoms. The van der Waals surface area contributed by atoms with Gasteiger partial charge in [0.1, 0.15) is 5.01 Å². The van der Waals surface area contributed by atoms with Gasteiger partial charge < -0.3 is 5.32 Å². The van der Waals surface area contributed by atoms with Crippen LogP contribution in [-0.2, 0) is 6.42 Å². The molecule has 0 aliphatic heterocycles. The van der Waals surface area contributed by atoms with Crippen LogP contribution in [0.3, 0.4) is 0 Å². The second-order valence-corrected chi connectivity index (χ2v) is 8.85. The van der Waals surface area contributed by atoms with Crippen molar-refractivity contribution in [2.24, 2.45) is 0 Å². The SMILES string of the molecule is Cc1cnc(C(C)NC2CCCc3sc(Br)cc32)s1. The molecule has 0 amide bonds. The number of aromatic nitrogens is 1. The number of thiophene rings is 1. The summed E-state index contributed by atoms with van der Waals surface area (Å²) in [6.07, 6.45) is 5.70. The molecule has 0 bridgehead atoms. The van der Waals surface area contributed by atoms with Gasteiger partial charge in [0.05, 0.1) is 9.83 Å². The summed E-state index contributed by atoms with van der Waals surface area (Å²) in [4.78, 5) is 7.32. The quantitative estimate of drug-likeness (QED) is 0.836. The van der Waals surface area contributed by atoms with Crippen LogP contribution in [0.4, 0.5) is 0 Å². The summed E-state index contributed by atoms with van der Waals surface area (Å²) < 4.78 is 1.25. The molecular formula is C14H17BrN2S2. The van der Waals surface area contributed by atoms with Crippen LogP contribution in [-0.4, -0.2) is 4.98 Å². The van der Waals surface area contributed by atoms with E-state index in [-0.39, 0.29) is 0 Å². The molecule has 0 radical (unpaired) electrons. The Kier molecular flexibility index (Phi) is 4.08. The van der Waals surface area contributed by atoms with E-state index in [2.05, 4.69) is 46.1 Å². The molecule has 3 rings (SSSR count). The van der Waals surface area contributed by atoms with Crippen LogP contribution in [0.25, 0.3) is 0 Å². The van der Waals surface area contributed by atoms with Crippen molar-refractivity contribution in [1.82, 2.24) is 10.3 Å². The molecule has 2 nitrogen and oxygen atoms in total. The Morgan fingerprint density at radius 3 is 3.05 bits per heavy atom. The van der Waals surface area contributed by atoms with E-state index < -0.39 is 0 Å².